The van der Waals surface area contributed by atoms with Gasteiger partial charge in [0.05, 0.1) is 43.5 Å². The Morgan fingerprint density at radius 2 is 2.24 bits per heavy atom. The van der Waals surface area contributed by atoms with Crippen LogP contribution in [0.25, 0.3) is 11.0 Å². The van der Waals surface area contributed by atoms with E-state index >= 15 is 0 Å². The summed E-state index contributed by atoms with van der Waals surface area (Å²) in [6.45, 7) is 6.84. The standard InChI is InChI=1S/C16H23N3O2/c1-2-7-19-15-6-4-3-5-14(15)18-16(19)11-17-10-13-12-20-8-9-21-13/h3-6,13,17H,2,7-12H2,1H3. The topological polar surface area (TPSA) is 48.3 Å². The van der Waals surface area contributed by atoms with Crippen molar-refractivity contribution >= 4 is 11.0 Å². The van der Waals surface area contributed by atoms with Gasteiger partial charge in [-0.1, -0.05) is 19.1 Å². The van der Waals surface area contributed by atoms with Crippen molar-refractivity contribution in [2.75, 3.05) is 26.4 Å². The Morgan fingerprint density at radius 1 is 1.33 bits per heavy atom. The summed E-state index contributed by atoms with van der Waals surface area (Å²) < 4.78 is 13.4. The van der Waals surface area contributed by atoms with Gasteiger partial charge < -0.3 is 19.4 Å². The summed E-state index contributed by atoms with van der Waals surface area (Å²) >= 11 is 0. The number of hydrogen-bond acceptors (Lipinski definition) is 4. The summed E-state index contributed by atoms with van der Waals surface area (Å²) in [7, 11) is 0. The van der Waals surface area contributed by atoms with Crippen molar-refractivity contribution in [3.63, 3.8) is 0 Å². The first-order valence-electron chi connectivity index (χ1n) is 7.72. The Labute approximate surface area is 125 Å². The Hall–Kier alpha value is -1.43. The number of fused-ring (bicyclic) bond motifs is 1. The first-order chi connectivity index (χ1) is 10.4. The molecule has 2 aromatic rings. The van der Waals surface area contributed by atoms with E-state index in [1.54, 1.807) is 0 Å². The van der Waals surface area contributed by atoms with Gasteiger partial charge in [-0.2, -0.15) is 0 Å². The minimum Gasteiger partial charge on any atom is -0.376 e. The Bertz CT molecular complexity index is 576. The normalized spacial score (nSPS) is 19.2. The van der Waals surface area contributed by atoms with Gasteiger partial charge in [0, 0.05) is 13.1 Å². The molecule has 114 valence electrons. The number of nitrogens with zero attached hydrogens (tertiary/aromatic N) is 2. The zero-order valence-corrected chi connectivity index (χ0v) is 12.5. The minimum atomic E-state index is 0.155. The second-order valence-electron chi connectivity index (χ2n) is 5.37. The maximum absolute atomic E-state index is 5.64. The van der Waals surface area contributed by atoms with Crippen molar-refractivity contribution in [2.24, 2.45) is 0 Å². The number of aromatic nitrogens is 2. The number of hydrogen-bond donors (Lipinski definition) is 1. The molecule has 0 spiro atoms. The summed E-state index contributed by atoms with van der Waals surface area (Å²) in [6.07, 6.45) is 1.26. The van der Waals surface area contributed by atoms with Crippen molar-refractivity contribution in [1.82, 2.24) is 14.9 Å². The number of imidazole rings is 1. The van der Waals surface area contributed by atoms with Crippen LogP contribution in [-0.4, -0.2) is 42.0 Å². The summed E-state index contributed by atoms with van der Waals surface area (Å²) in [4.78, 5) is 4.74. The van der Waals surface area contributed by atoms with Crippen LogP contribution in [0.1, 0.15) is 19.2 Å². The van der Waals surface area contributed by atoms with Crippen LogP contribution >= 0.6 is 0 Å². The maximum Gasteiger partial charge on any atom is 0.123 e. The Morgan fingerprint density at radius 3 is 3.05 bits per heavy atom. The van der Waals surface area contributed by atoms with E-state index in [1.165, 1.54) is 5.52 Å². The summed E-state index contributed by atoms with van der Waals surface area (Å²) in [6, 6.07) is 8.32. The molecule has 1 fully saturated rings. The number of aryl methyl sites for hydroxylation is 1. The number of para-hydroxylation sites is 2. The molecule has 1 atom stereocenters. The molecule has 1 aromatic carbocycles. The first-order valence-corrected chi connectivity index (χ1v) is 7.72. The van der Waals surface area contributed by atoms with E-state index in [4.69, 9.17) is 14.5 Å². The fraction of sp³-hybridized carbons (Fsp3) is 0.562. The van der Waals surface area contributed by atoms with E-state index in [2.05, 4.69) is 35.0 Å². The average molecular weight is 289 g/mol. The molecule has 3 rings (SSSR count). The van der Waals surface area contributed by atoms with Crippen molar-refractivity contribution in [3.8, 4) is 0 Å². The maximum atomic E-state index is 5.64. The van der Waals surface area contributed by atoms with Gasteiger partial charge in [0.15, 0.2) is 0 Å². The van der Waals surface area contributed by atoms with Crippen LogP contribution in [0.3, 0.4) is 0 Å². The highest BCUT2D eigenvalue weighted by molar-refractivity contribution is 5.75. The number of rotatable bonds is 6. The van der Waals surface area contributed by atoms with Crippen molar-refractivity contribution < 1.29 is 9.47 Å². The molecule has 1 unspecified atom stereocenters. The molecule has 1 saturated heterocycles. The molecule has 0 radical (unpaired) electrons. The molecule has 1 aliphatic rings. The third-order valence-electron chi connectivity index (χ3n) is 3.72. The SMILES string of the molecule is CCCn1c(CNCC2COCCO2)nc2ccccc21. The van der Waals surface area contributed by atoms with Crippen LogP contribution in [0.5, 0.6) is 0 Å². The lowest BCUT2D eigenvalue weighted by atomic mass is 10.3. The molecule has 1 aliphatic heterocycles. The fourth-order valence-electron chi connectivity index (χ4n) is 2.73. The van der Waals surface area contributed by atoms with E-state index in [0.717, 1.165) is 37.4 Å². The molecule has 1 aromatic heterocycles. The smallest absolute Gasteiger partial charge is 0.123 e. The van der Waals surface area contributed by atoms with Gasteiger partial charge in [0.25, 0.3) is 0 Å². The third-order valence-corrected chi connectivity index (χ3v) is 3.72. The molecule has 0 bridgehead atoms. The van der Waals surface area contributed by atoms with Crippen LogP contribution in [0.4, 0.5) is 0 Å². The summed E-state index contributed by atoms with van der Waals surface area (Å²) in [5.41, 5.74) is 2.29. The Kier molecular flexibility index (Phi) is 4.85. The van der Waals surface area contributed by atoms with Crippen LogP contribution in [0.2, 0.25) is 0 Å². The highest BCUT2D eigenvalue weighted by Crippen LogP contribution is 2.16. The number of ether oxygens (including phenoxy) is 2. The van der Waals surface area contributed by atoms with Crippen molar-refractivity contribution in [3.05, 3.63) is 30.1 Å². The minimum absolute atomic E-state index is 0.155. The lowest BCUT2D eigenvalue weighted by Crippen LogP contribution is -2.37. The van der Waals surface area contributed by atoms with Crippen LogP contribution in [0.15, 0.2) is 24.3 Å². The van der Waals surface area contributed by atoms with Crippen LogP contribution in [-0.2, 0) is 22.6 Å². The first kappa shape index (κ1) is 14.5. The van der Waals surface area contributed by atoms with Gasteiger partial charge in [-0.3, -0.25) is 0 Å². The molecule has 21 heavy (non-hydrogen) atoms. The number of nitrogens with one attached hydrogen (secondary N) is 1. The van der Waals surface area contributed by atoms with Crippen molar-refractivity contribution in [2.45, 2.75) is 32.5 Å². The molecule has 5 nitrogen and oxygen atoms in total. The molecular formula is C16H23N3O2. The summed E-state index contributed by atoms with van der Waals surface area (Å²) in [5.74, 6) is 1.09. The van der Waals surface area contributed by atoms with Gasteiger partial charge in [0.2, 0.25) is 0 Å². The second kappa shape index (κ2) is 7.02. The van der Waals surface area contributed by atoms with Crippen molar-refractivity contribution in [1.29, 1.82) is 0 Å². The van der Waals surface area contributed by atoms with E-state index in [1.807, 2.05) is 6.07 Å². The molecule has 0 aliphatic carbocycles. The summed E-state index contributed by atoms with van der Waals surface area (Å²) in [5, 5.41) is 3.44. The predicted molar refractivity (Wildman–Crippen MR) is 82.3 cm³/mol. The molecular weight excluding hydrogens is 266 g/mol. The number of benzene rings is 1. The fourth-order valence-corrected chi connectivity index (χ4v) is 2.73. The van der Waals surface area contributed by atoms with Crippen LogP contribution < -0.4 is 5.32 Å². The molecule has 2 heterocycles. The quantitative estimate of drug-likeness (QED) is 0.883. The highest BCUT2D eigenvalue weighted by atomic mass is 16.6. The third kappa shape index (κ3) is 3.43. The monoisotopic (exact) mass is 289 g/mol. The van der Waals surface area contributed by atoms with Gasteiger partial charge in [-0.25, -0.2) is 4.98 Å². The average Bonchev–Trinajstić information content (AvgIpc) is 2.87. The molecule has 5 heteroatoms. The zero-order chi connectivity index (χ0) is 14.5. The van der Waals surface area contributed by atoms with E-state index in [-0.39, 0.29) is 6.10 Å². The predicted octanol–water partition coefficient (Wildman–Crippen LogP) is 1.95. The lowest BCUT2D eigenvalue weighted by molar-refractivity contribution is -0.0865. The Balaban J connectivity index is 1.66. The van der Waals surface area contributed by atoms with Gasteiger partial charge >= 0.3 is 0 Å². The zero-order valence-electron chi connectivity index (χ0n) is 12.5. The lowest BCUT2D eigenvalue weighted by Gasteiger charge is -2.23. The van der Waals surface area contributed by atoms with E-state index < -0.39 is 0 Å². The van der Waals surface area contributed by atoms with E-state index in [0.29, 0.717) is 19.8 Å². The molecule has 0 saturated carbocycles. The van der Waals surface area contributed by atoms with Crippen LogP contribution in [0, 0.1) is 0 Å². The van der Waals surface area contributed by atoms with Gasteiger partial charge in [-0.05, 0) is 18.6 Å². The molecule has 1 N–H and O–H groups in total. The van der Waals surface area contributed by atoms with E-state index in [9.17, 15) is 0 Å². The van der Waals surface area contributed by atoms with Gasteiger partial charge in [0.1, 0.15) is 5.82 Å². The second-order valence-corrected chi connectivity index (χ2v) is 5.37. The highest BCUT2D eigenvalue weighted by Gasteiger charge is 2.15. The van der Waals surface area contributed by atoms with Gasteiger partial charge in [-0.15, -0.1) is 0 Å². The molecule has 0 amide bonds. The largest absolute Gasteiger partial charge is 0.376 e.